The lowest BCUT2D eigenvalue weighted by Gasteiger charge is -2.34. The van der Waals surface area contributed by atoms with Gasteiger partial charge in [0.05, 0.1) is 0 Å². The Morgan fingerprint density at radius 3 is 2.37 bits per heavy atom. The van der Waals surface area contributed by atoms with Crippen molar-refractivity contribution in [3.05, 3.63) is 53.9 Å². The van der Waals surface area contributed by atoms with Crippen molar-refractivity contribution in [2.45, 2.75) is 25.8 Å². The molecule has 0 aliphatic carbocycles. The van der Waals surface area contributed by atoms with Crippen LogP contribution in [0.5, 0.6) is 0 Å². The topological polar surface area (TPSA) is 52.6 Å². The summed E-state index contributed by atoms with van der Waals surface area (Å²) >= 11 is 0. The second-order valence-corrected chi connectivity index (χ2v) is 7.34. The third-order valence-electron chi connectivity index (χ3n) is 5.41. The molecule has 0 radical (unpaired) electrons. The molecule has 0 saturated carbocycles. The van der Waals surface area contributed by atoms with E-state index in [9.17, 15) is 4.79 Å². The summed E-state index contributed by atoms with van der Waals surface area (Å²) in [4.78, 5) is 28.4. The number of carbonyl (C=O) groups is 1. The lowest BCUT2D eigenvalue weighted by molar-refractivity contribution is 0.0622. The van der Waals surface area contributed by atoms with E-state index in [-0.39, 0.29) is 5.91 Å². The number of hydrogen-bond acceptors (Lipinski definition) is 5. The Hall–Kier alpha value is -2.47. The summed E-state index contributed by atoms with van der Waals surface area (Å²) in [5, 5.41) is 0. The maximum absolute atomic E-state index is 12.9. The minimum absolute atomic E-state index is 0.0232. The van der Waals surface area contributed by atoms with E-state index in [1.807, 2.05) is 11.0 Å². The highest BCUT2D eigenvalue weighted by molar-refractivity contribution is 5.92. The molecule has 3 heterocycles. The monoisotopic (exact) mass is 365 g/mol. The van der Waals surface area contributed by atoms with Gasteiger partial charge in [0, 0.05) is 52.0 Å². The summed E-state index contributed by atoms with van der Waals surface area (Å²) < 4.78 is 0. The number of aromatic nitrogens is 2. The van der Waals surface area contributed by atoms with Gasteiger partial charge in [-0.1, -0.05) is 30.3 Å². The average molecular weight is 365 g/mol. The van der Waals surface area contributed by atoms with Crippen molar-refractivity contribution in [3.63, 3.8) is 0 Å². The molecule has 4 rings (SSSR count). The zero-order valence-corrected chi connectivity index (χ0v) is 15.8. The number of piperazine rings is 1. The Morgan fingerprint density at radius 2 is 1.63 bits per heavy atom. The summed E-state index contributed by atoms with van der Waals surface area (Å²) in [7, 11) is 0. The second kappa shape index (κ2) is 8.48. The van der Waals surface area contributed by atoms with Crippen molar-refractivity contribution in [2.75, 3.05) is 44.2 Å². The van der Waals surface area contributed by atoms with Crippen LogP contribution in [-0.2, 0) is 6.54 Å². The fraction of sp³-hybridized carbons (Fsp3) is 0.476. The summed E-state index contributed by atoms with van der Waals surface area (Å²) in [6, 6.07) is 12.2. The fourth-order valence-corrected chi connectivity index (χ4v) is 3.83. The largest absolute Gasteiger partial charge is 0.341 e. The van der Waals surface area contributed by atoms with Gasteiger partial charge >= 0.3 is 0 Å². The Morgan fingerprint density at radius 1 is 0.889 bits per heavy atom. The summed E-state index contributed by atoms with van der Waals surface area (Å²) in [6.45, 7) is 6.18. The molecular formula is C21H27N5O. The molecule has 0 spiro atoms. The van der Waals surface area contributed by atoms with Crippen molar-refractivity contribution >= 4 is 11.9 Å². The highest BCUT2D eigenvalue weighted by Crippen LogP contribution is 2.16. The van der Waals surface area contributed by atoms with E-state index in [1.165, 1.54) is 24.8 Å². The van der Waals surface area contributed by atoms with Crippen molar-refractivity contribution in [1.82, 2.24) is 19.8 Å². The molecule has 2 fully saturated rings. The molecule has 2 aromatic rings. The first kappa shape index (κ1) is 17.9. The third-order valence-corrected chi connectivity index (χ3v) is 5.41. The number of rotatable bonds is 4. The maximum Gasteiger partial charge on any atom is 0.272 e. The second-order valence-electron chi connectivity index (χ2n) is 7.34. The van der Waals surface area contributed by atoms with E-state index in [0.29, 0.717) is 11.6 Å². The van der Waals surface area contributed by atoms with E-state index in [0.717, 1.165) is 45.8 Å². The molecule has 0 N–H and O–H groups in total. The number of amides is 1. The van der Waals surface area contributed by atoms with Gasteiger partial charge in [0.1, 0.15) is 5.69 Å². The van der Waals surface area contributed by atoms with Crippen LogP contribution in [0.25, 0.3) is 0 Å². The van der Waals surface area contributed by atoms with Gasteiger partial charge in [0.25, 0.3) is 5.91 Å². The Bertz CT molecular complexity index is 752. The molecule has 0 unspecified atom stereocenters. The molecule has 2 aliphatic rings. The van der Waals surface area contributed by atoms with Gasteiger partial charge in [-0.15, -0.1) is 0 Å². The van der Waals surface area contributed by atoms with Crippen molar-refractivity contribution < 1.29 is 4.79 Å². The normalized spacial score (nSPS) is 18.5. The van der Waals surface area contributed by atoms with Crippen molar-refractivity contribution in [1.29, 1.82) is 0 Å². The minimum atomic E-state index is 0.0232. The first-order chi connectivity index (χ1) is 13.3. The van der Waals surface area contributed by atoms with Crippen LogP contribution < -0.4 is 4.90 Å². The number of carbonyl (C=O) groups excluding carboxylic acids is 1. The highest BCUT2D eigenvalue weighted by Gasteiger charge is 2.24. The third kappa shape index (κ3) is 4.45. The first-order valence-electron chi connectivity index (χ1n) is 9.93. The van der Waals surface area contributed by atoms with Crippen LogP contribution in [0.2, 0.25) is 0 Å². The van der Waals surface area contributed by atoms with Crippen molar-refractivity contribution in [2.24, 2.45) is 0 Å². The molecule has 1 amide bonds. The van der Waals surface area contributed by atoms with Crippen LogP contribution in [-0.4, -0.2) is 64.9 Å². The fourth-order valence-electron chi connectivity index (χ4n) is 3.83. The lowest BCUT2D eigenvalue weighted by atomic mass is 10.1. The number of benzene rings is 1. The van der Waals surface area contributed by atoms with E-state index in [2.05, 4.69) is 44.0 Å². The maximum atomic E-state index is 12.9. The van der Waals surface area contributed by atoms with Crippen LogP contribution in [0.1, 0.15) is 35.3 Å². The molecule has 0 atom stereocenters. The van der Waals surface area contributed by atoms with E-state index >= 15 is 0 Å². The predicted molar refractivity (Wildman–Crippen MR) is 106 cm³/mol. The molecule has 142 valence electrons. The molecule has 1 aromatic carbocycles. The van der Waals surface area contributed by atoms with E-state index < -0.39 is 0 Å². The summed E-state index contributed by atoms with van der Waals surface area (Å²) in [5.41, 5.74) is 1.83. The van der Waals surface area contributed by atoms with E-state index in [1.54, 1.807) is 12.3 Å². The van der Waals surface area contributed by atoms with Crippen LogP contribution in [0.15, 0.2) is 42.6 Å². The minimum Gasteiger partial charge on any atom is -0.341 e. The van der Waals surface area contributed by atoms with Gasteiger partial charge in [0.2, 0.25) is 5.95 Å². The van der Waals surface area contributed by atoms with Gasteiger partial charge in [-0.2, -0.15) is 0 Å². The molecule has 27 heavy (non-hydrogen) atoms. The van der Waals surface area contributed by atoms with Crippen LogP contribution >= 0.6 is 0 Å². The first-order valence-corrected chi connectivity index (χ1v) is 9.93. The van der Waals surface area contributed by atoms with Gasteiger partial charge in [0.15, 0.2) is 0 Å². The average Bonchev–Trinajstić information content (AvgIpc) is 2.75. The SMILES string of the molecule is O=C(c1ccnc(N2CCCCC2)n1)N1CCN(Cc2ccccc2)CC1. The predicted octanol–water partition coefficient (Wildman–Crippen LogP) is 2.42. The van der Waals surface area contributed by atoms with Gasteiger partial charge in [-0.05, 0) is 30.9 Å². The lowest BCUT2D eigenvalue weighted by Crippen LogP contribution is -2.48. The zero-order chi connectivity index (χ0) is 18.5. The molecule has 6 nitrogen and oxygen atoms in total. The number of piperidine rings is 1. The van der Waals surface area contributed by atoms with E-state index in [4.69, 9.17) is 0 Å². The number of hydrogen-bond donors (Lipinski definition) is 0. The molecule has 0 bridgehead atoms. The quantitative estimate of drug-likeness (QED) is 0.833. The van der Waals surface area contributed by atoms with Crippen LogP contribution in [0, 0.1) is 0 Å². The highest BCUT2D eigenvalue weighted by atomic mass is 16.2. The molecule has 2 saturated heterocycles. The van der Waals surface area contributed by atoms with Crippen LogP contribution in [0.4, 0.5) is 5.95 Å². The summed E-state index contributed by atoms with van der Waals surface area (Å²) in [5.74, 6) is 0.721. The Kier molecular flexibility index (Phi) is 5.63. The van der Waals surface area contributed by atoms with Crippen LogP contribution in [0.3, 0.4) is 0 Å². The number of anilines is 1. The van der Waals surface area contributed by atoms with Gasteiger partial charge in [-0.25, -0.2) is 9.97 Å². The molecule has 1 aromatic heterocycles. The van der Waals surface area contributed by atoms with Gasteiger partial charge in [-0.3, -0.25) is 9.69 Å². The Labute approximate surface area is 160 Å². The molecule has 6 heteroatoms. The van der Waals surface area contributed by atoms with Gasteiger partial charge < -0.3 is 9.80 Å². The van der Waals surface area contributed by atoms with Crippen molar-refractivity contribution in [3.8, 4) is 0 Å². The number of nitrogens with zero attached hydrogens (tertiary/aromatic N) is 5. The molecule has 2 aliphatic heterocycles. The Balaban J connectivity index is 1.35. The molecular weight excluding hydrogens is 338 g/mol. The smallest absolute Gasteiger partial charge is 0.272 e. The standard InChI is InChI=1S/C21H27N5O/c27-20(19-9-10-22-21(23-19)26-11-5-2-6-12-26)25-15-13-24(14-16-25)17-18-7-3-1-4-8-18/h1,3-4,7-10H,2,5-6,11-17H2. The summed E-state index contributed by atoms with van der Waals surface area (Å²) in [6.07, 6.45) is 5.33. The zero-order valence-electron chi connectivity index (χ0n) is 15.8.